The molecule has 0 unspecified atom stereocenters. The number of hydrogen-bond donors (Lipinski definition) is 0. The Morgan fingerprint density at radius 3 is 2.57 bits per heavy atom. The monoisotopic (exact) mass is 328 g/mol. The molecule has 0 bridgehead atoms. The number of carbonyl (C=O) groups is 1. The van der Waals surface area contributed by atoms with Crippen LogP contribution < -0.4 is 4.90 Å². The Morgan fingerprint density at radius 1 is 1.29 bits per heavy atom. The third-order valence-electron chi connectivity index (χ3n) is 4.27. The van der Waals surface area contributed by atoms with Crippen LogP contribution in [0.4, 0.5) is 5.69 Å². The second-order valence-corrected chi connectivity index (χ2v) is 6.65. The molecule has 5 heteroatoms. The fourth-order valence-corrected chi connectivity index (χ4v) is 2.98. The van der Waals surface area contributed by atoms with Gasteiger partial charge in [-0.05, 0) is 63.5 Å². The molecular formula is C16H22Cl2N2O. The van der Waals surface area contributed by atoms with Crippen molar-refractivity contribution in [3.63, 3.8) is 0 Å². The summed E-state index contributed by atoms with van der Waals surface area (Å²) in [7, 11) is 3.94. The molecule has 0 N–H and O–H groups in total. The van der Waals surface area contributed by atoms with Crippen molar-refractivity contribution >= 4 is 34.8 Å². The summed E-state index contributed by atoms with van der Waals surface area (Å²) in [5.74, 6) is 0.805. The van der Waals surface area contributed by atoms with Crippen molar-refractivity contribution in [2.24, 2.45) is 5.92 Å². The smallest absolute Gasteiger partial charge is 0.226 e. The van der Waals surface area contributed by atoms with Crippen molar-refractivity contribution in [1.82, 2.24) is 4.90 Å². The van der Waals surface area contributed by atoms with Crippen LogP contribution in [0.2, 0.25) is 10.0 Å². The van der Waals surface area contributed by atoms with Gasteiger partial charge in [0, 0.05) is 19.2 Å². The molecule has 21 heavy (non-hydrogen) atoms. The summed E-state index contributed by atoms with van der Waals surface area (Å²) in [6.45, 7) is 2.28. The number of rotatable bonds is 4. The van der Waals surface area contributed by atoms with E-state index in [1.54, 1.807) is 24.1 Å². The number of carbonyl (C=O) groups excluding carboxylic acids is 1. The van der Waals surface area contributed by atoms with Gasteiger partial charge in [-0.15, -0.1) is 0 Å². The number of likely N-dealkylation sites (tertiary alicyclic amines) is 1. The third kappa shape index (κ3) is 4.60. The molecule has 1 fully saturated rings. The SMILES string of the molecule is CN1CCC(CCC(=O)N(C)c2ccc(Cl)c(Cl)c2)CC1. The number of anilines is 1. The van der Waals surface area contributed by atoms with E-state index in [0.717, 1.165) is 25.2 Å². The normalized spacial score (nSPS) is 17.0. The highest BCUT2D eigenvalue weighted by atomic mass is 35.5. The maximum absolute atomic E-state index is 12.3. The Bertz CT molecular complexity index is 499. The van der Waals surface area contributed by atoms with Gasteiger partial charge in [0.2, 0.25) is 5.91 Å². The minimum absolute atomic E-state index is 0.132. The average molecular weight is 329 g/mol. The van der Waals surface area contributed by atoms with Crippen LogP contribution in [-0.4, -0.2) is 38.0 Å². The number of amides is 1. The molecule has 3 nitrogen and oxygen atoms in total. The molecule has 116 valence electrons. The fraction of sp³-hybridized carbons (Fsp3) is 0.562. The van der Waals surface area contributed by atoms with Crippen molar-refractivity contribution in [1.29, 1.82) is 0 Å². The van der Waals surface area contributed by atoms with Gasteiger partial charge in [0.1, 0.15) is 0 Å². The lowest BCUT2D eigenvalue weighted by Crippen LogP contribution is -2.31. The molecule has 1 aliphatic rings. The first-order chi connectivity index (χ1) is 9.97. The van der Waals surface area contributed by atoms with Gasteiger partial charge < -0.3 is 9.80 Å². The number of benzene rings is 1. The van der Waals surface area contributed by atoms with Crippen LogP contribution >= 0.6 is 23.2 Å². The van der Waals surface area contributed by atoms with Crippen LogP contribution in [0.15, 0.2) is 18.2 Å². The zero-order valence-electron chi connectivity index (χ0n) is 12.6. The standard InChI is InChI=1S/C16H22Cl2N2O/c1-19-9-7-12(8-10-19)3-6-16(21)20(2)13-4-5-14(17)15(18)11-13/h4-5,11-12H,3,6-10H2,1-2H3. The topological polar surface area (TPSA) is 23.6 Å². The second-order valence-electron chi connectivity index (χ2n) is 5.84. The van der Waals surface area contributed by atoms with E-state index in [-0.39, 0.29) is 5.91 Å². The van der Waals surface area contributed by atoms with Crippen LogP contribution in [0.5, 0.6) is 0 Å². The fourth-order valence-electron chi connectivity index (χ4n) is 2.68. The molecular weight excluding hydrogens is 307 g/mol. The summed E-state index contributed by atoms with van der Waals surface area (Å²) in [6.07, 6.45) is 3.95. The van der Waals surface area contributed by atoms with Crippen molar-refractivity contribution in [3.05, 3.63) is 28.2 Å². The first kappa shape index (κ1) is 16.6. The lowest BCUT2D eigenvalue weighted by molar-refractivity contribution is -0.118. The van der Waals surface area contributed by atoms with Crippen LogP contribution in [0.3, 0.4) is 0 Å². The zero-order valence-corrected chi connectivity index (χ0v) is 14.1. The Kier molecular flexibility index (Phi) is 5.91. The Labute approximate surface area is 136 Å². The van der Waals surface area contributed by atoms with Gasteiger partial charge in [-0.25, -0.2) is 0 Å². The first-order valence-corrected chi connectivity index (χ1v) is 8.13. The van der Waals surface area contributed by atoms with Crippen molar-refractivity contribution < 1.29 is 4.79 Å². The predicted octanol–water partition coefficient (Wildman–Crippen LogP) is 4.08. The number of piperidine rings is 1. The third-order valence-corrected chi connectivity index (χ3v) is 5.01. The lowest BCUT2D eigenvalue weighted by atomic mass is 9.92. The number of halogens is 2. The molecule has 1 amide bonds. The van der Waals surface area contributed by atoms with E-state index in [0.29, 0.717) is 22.4 Å². The summed E-state index contributed by atoms with van der Waals surface area (Å²) < 4.78 is 0. The molecule has 1 aromatic rings. The molecule has 0 aromatic heterocycles. The Hall–Kier alpha value is -0.770. The van der Waals surface area contributed by atoms with Gasteiger partial charge >= 0.3 is 0 Å². The highest BCUT2D eigenvalue weighted by molar-refractivity contribution is 6.42. The molecule has 0 atom stereocenters. The molecule has 2 rings (SSSR count). The largest absolute Gasteiger partial charge is 0.315 e. The maximum atomic E-state index is 12.3. The molecule has 1 heterocycles. The van der Waals surface area contributed by atoms with Crippen molar-refractivity contribution in [3.8, 4) is 0 Å². The average Bonchev–Trinajstić information content (AvgIpc) is 2.48. The van der Waals surface area contributed by atoms with Crippen LogP contribution in [0.1, 0.15) is 25.7 Å². The van der Waals surface area contributed by atoms with E-state index < -0.39 is 0 Å². The minimum atomic E-state index is 0.132. The minimum Gasteiger partial charge on any atom is -0.315 e. The van der Waals surface area contributed by atoms with Crippen LogP contribution in [-0.2, 0) is 4.79 Å². The lowest BCUT2D eigenvalue weighted by Gasteiger charge is -2.29. The summed E-state index contributed by atoms with van der Waals surface area (Å²) in [5.41, 5.74) is 0.790. The highest BCUT2D eigenvalue weighted by Gasteiger charge is 2.19. The summed E-state index contributed by atoms with van der Waals surface area (Å²) in [4.78, 5) is 16.3. The molecule has 0 spiro atoms. The molecule has 1 aliphatic heterocycles. The Balaban J connectivity index is 1.86. The van der Waals surface area contributed by atoms with Crippen molar-refractivity contribution in [2.75, 3.05) is 32.1 Å². The van der Waals surface area contributed by atoms with Gasteiger partial charge in [0.15, 0.2) is 0 Å². The van der Waals surface area contributed by atoms with E-state index >= 15 is 0 Å². The molecule has 1 aromatic carbocycles. The van der Waals surface area contributed by atoms with Crippen LogP contribution in [0, 0.1) is 5.92 Å². The summed E-state index contributed by atoms with van der Waals surface area (Å²) in [5, 5.41) is 0.983. The Morgan fingerprint density at radius 2 is 1.95 bits per heavy atom. The number of nitrogens with zero attached hydrogens (tertiary/aromatic N) is 2. The molecule has 0 saturated carbocycles. The predicted molar refractivity (Wildman–Crippen MR) is 89.3 cm³/mol. The van der Waals surface area contributed by atoms with E-state index in [2.05, 4.69) is 11.9 Å². The van der Waals surface area contributed by atoms with E-state index in [9.17, 15) is 4.79 Å². The molecule has 1 saturated heterocycles. The van der Waals surface area contributed by atoms with E-state index in [4.69, 9.17) is 23.2 Å². The van der Waals surface area contributed by atoms with Gasteiger partial charge in [0.05, 0.1) is 10.0 Å². The number of hydrogen-bond acceptors (Lipinski definition) is 2. The summed E-state index contributed by atoms with van der Waals surface area (Å²) >= 11 is 11.9. The highest BCUT2D eigenvalue weighted by Crippen LogP contribution is 2.27. The van der Waals surface area contributed by atoms with Gasteiger partial charge in [-0.2, -0.15) is 0 Å². The van der Waals surface area contributed by atoms with Gasteiger partial charge in [-0.1, -0.05) is 23.2 Å². The van der Waals surface area contributed by atoms with Crippen LogP contribution in [0.25, 0.3) is 0 Å². The van der Waals surface area contributed by atoms with Gasteiger partial charge in [0.25, 0.3) is 0 Å². The summed E-state index contributed by atoms with van der Waals surface area (Å²) in [6, 6.07) is 5.28. The van der Waals surface area contributed by atoms with Gasteiger partial charge in [-0.3, -0.25) is 4.79 Å². The molecule has 0 radical (unpaired) electrons. The van der Waals surface area contributed by atoms with E-state index in [1.165, 1.54) is 12.8 Å². The van der Waals surface area contributed by atoms with Crippen molar-refractivity contribution in [2.45, 2.75) is 25.7 Å². The first-order valence-electron chi connectivity index (χ1n) is 7.37. The second kappa shape index (κ2) is 7.48. The maximum Gasteiger partial charge on any atom is 0.226 e. The zero-order chi connectivity index (χ0) is 15.4. The van der Waals surface area contributed by atoms with E-state index in [1.807, 2.05) is 6.07 Å². The quantitative estimate of drug-likeness (QED) is 0.831. The molecule has 0 aliphatic carbocycles.